The minimum atomic E-state index is -0.120. The fraction of sp³-hybridized carbons (Fsp3) is 0.727. The third-order valence-electron chi connectivity index (χ3n) is 3.98. The topological polar surface area (TPSA) is 32.1 Å². The molecule has 14 heavy (non-hydrogen) atoms. The van der Waals surface area contributed by atoms with Gasteiger partial charge < -0.3 is 5.32 Å². The van der Waals surface area contributed by atoms with E-state index in [1.807, 2.05) is 6.92 Å². The summed E-state index contributed by atoms with van der Waals surface area (Å²) in [5, 5.41) is 2.98. The highest BCUT2D eigenvalue weighted by atomic mass is 16.2. The smallest absolute Gasteiger partial charge is 0.242 e. The van der Waals surface area contributed by atoms with Gasteiger partial charge in [-0.15, -0.1) is 0 Å². The predicted molar refractivity (Wildman–Crippen MR) is 53.8 cm³/mol. The molecule has 3 rings (SSSR count). The standard InChI is InChI=1S/C11H16N2O/c1-2-12-10(14)11-8-4-3-5-9(11)13(11)7-6-8/h3,5,8-9H,2,4,6-7H2,1H3,(H,12,14)/t8-,9?,11+,13?/m0/s1. The van der Waals surface area contributed by atoms with Crippen LogP contribution in [-0.4, -0.2) is 35.5 Å². The normalized spacial score (nSPS) is 47.4. The Hall–Kier alpha value is -0.830. The summed E-state index contributed by atoms with van der Waals surface area (Å²) in [7, 11) is 0. The Kier molecular flexibility index (Phi) is 1.57. The van der Waals surface area contributed by atoms with Crippen molar-refractivity contribution in [3.63, 3.8) is 0 Å². The monoisotopic (exact) mass is 192 g/mol. The van der Waals surface area contributed by atoms with Gasteiger partial charge in [0, 0.05) is 13.1 Å². The van der Waals surface area contributed by atoms with E-state index in [0.717, 1.165) is 19.5 Å². The zero-order valence-electron chi connectivity index (χ0n) is 8.49. The fourth-order valence-electron chi connectivity index (χ4n) is 3.37. The van der Waals surface area contributed by atoms with Gasteiger partial charge in [0.1, 0.15) is 5.54 Å². The lowest BCUT2D eigenvalue weighted by Crippen LogP contribution is -2.44. The molecule has 2 unspecified atom stereocenters. The summed E-state index contributed by atoms with van der Waals surface area (Å²) >= 11 is 0. The number of amides is 1. The molecule has 4 atom stereocenters. The van der Waals surface area contributed by atoms with Crippen molar-refractivity contribution in [1.82, 2.24) is 10.2 Å². The van der Waals surface area contributed by atoms with Gasteiger partial charge in [-0.1, -0.05) is 12.2 Å². The molecule has 1 aliphatic carbocycles. The second kappa shape index (κ2) is 2.60. The average Bonchev–Trinajstić information content (AvgIpc) is 2.65. The van der Waals surface area contributed by atoms with Crippen molar-refractivity contribution in [1.29, 1.82) is 0 Å². The van der Waals surface area contributed by atoms with E-state index in [1.54, 1.807) is 0 Å². The van der Waals surface area contributed by atoms with Crippen molar-refractivity contribution >= 4 is 5.91 Å². The second-order valence-corrected chi connectivity index (χ2v) is 4.47. The highest BCUT2D eigenvalue weighted by Crippen LogP contribution is 2.57. The van der Waals surface area contributed by atoms with Crippen LogP contribution in [0.1, 0.15) is 19.8 Å². The number of likely N-dealkylation sites (N-methyl/N-ethyl adjacent to an activating group) is 1. The zero-order valence-corrected chi connectivity index (χ0v) is 8.49. The van der Waals surface area contributed by atoms with Crippen molar-refractivity contribution in [3.8, 4) is 0 Å². The summed E-state index contributed by atoms with van der Waals surface area (Å²) in [5.41, 5.74) is -0.120. The Morgan fingerprint density at radius 2 is 2.57 bits per heavy atom. The van der Waals surface area contributed by atoms with Crippen LogP contribution in [0, 0.1) is 5.92 Å². The van der Waals surface area contributed by atoms with E-state index in [0.29, 0.717) is 12.0 Å². The number of rotatable bonds is 2. The minimum absolute atomic E-state index is 0.120. The van der Waals surface area contributed by atoms with Crippen LogP contribution in [0.5, 0.6) is 0 Å². The number of carbonyl (C=O) groups excluding carboxylic acids is 1. The first-order valence-corrected chi connectivity index (χ1v) is 5.53. The van der Waals surface area contributed by atoms with E-state index in [4.69, 9.17) is 0 Å². The number of piperidine rings is 1. The molecule has 0 aromatic rings. The third-order valence-corrected chi connectivity index (χ3v) is 3.98. The molecule has 0 aromatic carbocycles. The number of nitrogens with zero attached hydrogens (tertiary/aromatic N) is 1. The maximum atomic E-state index is 12.0. The van der Waals surface area contributed by atoms with Crippen LogP contribution in [0.4, 0.5) is 0 Å². The molecule has 0 bridgehead atoms. The Labute approximate surface area is 84.2 Å². The molecule has 3 heteroatoms. The number of carbonyl (C=O) groups is 1. The number of hydrogen-bond donors (Lipinski definition) is 1. The van der Waals surface area contributed by atoms with Crippen molar-refractivity contribution in [3.05, 3.63) is 12.2 Å². The first-order chi connectivity index (χ1) is 6.81. The van der Waals surface area contributed by atoms with Crippen LogP contribution in [0.15, 0.2) is 12.2 Å². The van der Waals surface area contributed by atoms with Gasteiger partial charge in [0.05, 0.1) is 6.04 Å². The number of nitrogens with one attached hydrogen (secondary N) is 1. The number of allylic oxidation sites excluding steroid dienone is 1. The lowest BCUT2D eigenvalue weighted by atomic mass is 9.81. The third kappa shape index (κ3) is 0.753. The number of fused-ring (bicyclic) bond motifs is 1. The summed E-state index contributed by atoms with van der Waals surface area (Å²) in [6.07, 6.45) is 6.74. The molecule has 0 aromatic heterocycles. The molecular formula is C11H16N2O. The van der Waals surface area contributed by atoms with Crippen molar-refractivity contribution in [2.24, 2.45) is 5.92 Å². The highest BCUT2D eigenvalue weighted by molar-refractivity contribution is 5.92. The lowest BCUT2D eigenvalue weighted by Gasteiger charge is -2.23. The van der Waals surface area contributed by atoms with Gasteiger partial charge in [0.15, 0.2) is 0 Å². The maximum Gasteiger partial charge on any atom is 0.242 e. The van der Waals surface area contributed by atoms with Crippen LogP contribution in [0.2, 0.25) is 0 Å². The molecule has 2 fully saturated rings. The van der Waals surface area contributed by atoms with Crippen LogP contribution < -0.4 is 5.32 Å². The maximum absolute atomic E-state index is 12.0. The molecule has 76 valence electrons. The average molecular weight is 192 g/mol. The minimum Gasteiger partial charge on any atom is -0.355 e. The molecular weight excluding hydrogens is 176 g/mol. The first-order valence-electron chi connectivity index (χ1n) is 5.53. The molecule has 2 saturated heterocycles. The number of hydrogen-bond acceptors (Lipinski definition) is 2. The van der Waals surface area contributed by atoms with E-state index >= 15 is 0 Å². The molecule has 0 spiro atoms. The van der Waals surface area contributed by atoms with Gasteiger partial charge in [0.2, 0.25) is 5.91 Å². The van der Waals surface area contributed by atoms with Crippen molar-refractivity contribution in [2.75, 3.05) is 13.1 Å². The van der Waals surface area contributed by atoms with Gasteiger partial charge >= 0.3 is 0 Å². The van der Waals surface area contributed by atoms with E-state index in [2.05, 4.69) is 22.4 Å². The summed E-state index contributed by atoms with van der Waals surface area (Å²) < 4.78 is 0. The largest absolute Gasteiger partial charge is 0.355 e. The molecule has 0 radical (unpaired) electrons. The van der Waals surface area contributed by atoms with Gasteiger partial charge in [0.25, 0.3) is 0 Å². The summed E-state index contributed by atoms with van der Waals surface area (Å²) in [6.45, 7) is 3.84. The summed E-state index contributed by atoms with van der Waals surface area (Å²) in [6, 6.07) is 0.418. The second-order valence-electron chi connectivity index (χ2n) is 4.47. The Morgan fingerprint density at radius 3 is 3.29 bits per heavy atom. The van der Waals surface area contributed by atoms with Crippen molar-refractivity contribution in [2.45, 2.75) is 31.3 Å². The molecule has 1 N–H and O–H groups in total. The molecule has 1 amide bonds. The van der Waals surface area contributed by atoms with Gasteiger partial charge in [-0.05, 0) is 25.7 Å². The van der Waals surface area contributed by atoms with Crippen molar-refractivity contribution < 1.29 is 4.79 Å². The fourth-order valence-corrected chi connectivity index (χ4v) is 3.37. The van der Waals surface area contributed by atoms with Crippen LogP contribution in [-0.2, 0) is 4.79 Å². The van der Waals surface area contributed by atoms with Gasteiger partial charge in [-0.25, -0.2) is 0 Å². The lowest BCUT2D eigenvalue weighted by molar-refractivity contribution is -0.125. The van der Waals surface area contributed by atoms with E-state index in [-0.39, 0.29) is 11.4 Å². The summed E-state index contributed by atoms with van der Waals surface area (Å²) in [5.74, 6) is 0.834. The highest BCUT2D eigenvalue weighted by Gasteiger charge is 2.73. The Balaban J connectivity index is 1.91. The molecule has 3 aliphatic rings. The molecule has 2 aliphatic heterocycles. The van der Waals surface area contributed by atoms with Crippen LogP contribution in [0.25, 0.3) is 0 Å². The van der Waals surface area contributed by atoms with Gasteiger partial charge in [-0.3, -0.25) is 9.69 Å². The predicted octanol–water partition coefficient (Wildman–Crippen LogP) is 0.525. The van der Waals surface area contributed by atoms with Crippen LogP contribution in [0.3, 0.4) is 0 Å². The Bertz CT molecular complexity index is 312. The molecule has 3 nitrogen and oxygen atoms in total. The van der Waals surface area contributed by atoms with E-state index in [9.17, 15) is 4.79 Å². The Morgan fingerprint density at radius 1 is 1.71 bits per heavy atom. The SMILES string of the molecule is CCNC(=O)[C@]12C3C=CC[C@H]1CCN32. The zero-order chi connectivity index (χ0) is 9.76. The van der Waals surface area contributed by atoms with Gasteiger partial charge in [-0.2, -0.15) is 0 Å². The van der Waals surface area contributed by atoms with E-state index in [1.165, 1.54) is 6.42 Å². The van der Waals surface area contributed by atoms with Crippen LogP contribution >= 0.6 is 0 Å². The molecule has 2 heterocycles. The summed E-state index contributed by atoms with van der Waals surface area (Å²) in [4.78, 5) is 14.4. The first kappa shape index (κ1) is 8.48. The van der Waals surface area contributed by atoms with E-state index < -0.39 is 0 Å². The quantitative estimate of drug-likeness (QED) is 0.511. The molecule has 0 saturated carbocycles.